The van der Waals surface area contributed by atoms with Crippen molar-refractivity contribution < 1.29 is 9.59 Å². The van der Waals surface area contributed by atoms with Gasteiger partial charge in [0.2, 0.25) is 5.91 Å². The Balaban J connectivity index is 2.21. The molecule has 0 saturated heterocycles. The summed E-state index contributed by atoms with van der Waals surface area (Å²) in [6.45, 7) is 4.11. The molecule has 126 valence electrons. The Labute approximate surface area is 143 Å². The van der Waals surface area contributed by atoms with Crippen LogP contribution in [-0.2, 0) is 4.79 Å². The Morgan fingerprint density at radius 1 is 1.00 bits per heavy atom. The first-order valence-corrected chi connectivity index (χ1v) is 8.40. The van der Waals surface area contributed by atoms with Gasteiger partial charge in [-0.15, -0.1) is 0 Å². The van der Waals surface area contributed by atoms with E-state index in [1.807, 2.05) is 19.1 Å². The molecule has 6 heteroatoms. The topological polar surface area (TPSA) is 70.2 Å². The Hall–Kier alpha value is -1.95. The van der Waals surface area contributed by atoms with E-state index in [-0.39, 0.29) is 16.9 Å². The second-order valence-electron chi connectivity index (χ2n) is 5.49. The minimum Gasteiger partial charge on any atom is -0.302 e. The lowest BCUT2D eigenvalue weighted by atomic mass is 10.1. The molecule has 0 unspecified atom stereocenters. The first-order chi connectivity index (χ1) is 11.0. The van der Waals surface area contributed by atoms with Crippen molar-refractivity contribution >= 4 is 29.1 Å². The maximum atomic E-state index is 11.9. The molecule has 0 saturated carbocycles. The van der Waals surface area contributed by atoms with Gasteiger partial charge in [0.25, 0.3) is 5.91 Å². The van der Waals surface area contributed by atoms with Crippen LogP contribution in [0.3, 0.4) is 0 Å². The third-order valence-electron chi connectivity index (χ3n) is 3.36. The van der Waals surface area contributed by atoms with Gasteiger partial charge in [0.1, 0.15) is 0 Å². The molecule has 1 aromatic carbocycles. The van der Waals surface area contributed by atoms with E-state index >= 15 is 0 Å². The van der Waals surface area contributed by atoms with Gasteiger partial charge in [-0.3, -0.25) is 20.4 Å². The van der Waals surface area contributed by atoms with Crippen molar-refractivity contribution in [2.45, 2.75) is 52.4 Å². The van der Waals surface area contributed by atoms with Crippen LogP contribution in [-0.4, -0.2) is 16.9 Å². The number of thiocarbonyl (C=S) groups is 1. The molecule has 1 aromatic rings. The van der Waals surface area contributed by atoms with E-state index in [0.29, 0.717) is 12.0 Å². The third-order valence-corrected chi connectivity index (χ3v) is 3.57. The largest absolute Gasteiger partial charge is 0.302 e. The fraction of sp³-hybridized carbons (Fsp3) is 0.471. The van der Waals surface area contributed by atoms with Crippen molar-refractivity contribution in [2.75, 3.05) is 0 Å². The van der Waals surface area contributed by atoms with Crippen molar-refractivity contribution in [2.24, 2.45) is 0 Å². The number of unbranched alkanes of at least 4 members (excludes halogenated alkanes) is 4. The van der Waals surface area contributed by atoms with Gasteiger partial charge in [-0.2, -0.15) is 0 Å². The molecule has 0 fully saturated rings. The number of carbonyl (C=O) groups excluding carboxylic acids is 2. The number of hydrogen-bond donors (Lipinski definition) is 3. The lowest BCUT2D eigenvalue weighted by Gasteiger charge is -2.11. The van der Waals surface area contributed by atoms with Gasteiger partial charge < -0.3 is 5.32 Å². The summed E-state index contributed by atoms with van der Waals surface area (Å²) in [5.74, 6) is -0.440. The van der Waals surface area contributed by atoms with Crippen LogP contribution < -0.4 is 16.2 Å². The number of carbonyl (C=O) groups is 2. The van der Waals surface area contributed by atoms with Crippen LogP contribution >= 0.6 is 12.2 Å². The van der Waals surface area contributed by atoms with Crippen LogP contribution in [0.1, 0.15) is 61.4 Å². The fourth-order valence-electron chi connectivity index (χ4n) is 2.00. The molecule has 0 radical (unpaired) electrons. The molecular formula is C17H25N3O2S. The average Bonchev–Trinajstić information content (AvgIpc) is 2.53. The van der Waals surface area contributed by atoms with Crippen LogP contribution in [0.2, 0.25) is 0 Å². The third kappa shape index (κ3) is 8.30. The highest BCUT2D eigenvalue weighted by Crippen LogP contribution is 2.04. The normalized spacial score (nSPS) is 10.0. The van der Waals surface area contributed by atoms with Gasteiger partial charge in [-0.25, -0.2) is 0 Å². The first kappa shape index (κ1) is 19.1. The monoisotopic (exact) mass is 335 g/mol. The van der Waals surface area contributed by atoms with E-state index in [4.69, 9.17) is 12.2 Å². The van der Waals surface area contributed by atoms with Gasteiger partial charge in [-0.05, 0) is 37.7 Å². The van der Waals surface area contributed by atoms with Crippen molar-refractivity contribution in [3.05, 3.63) is 35.4 Å². The molecule has 0 aliphatic heterocycles. The van der Waals surface area contributed by atoms with E-state index in [1.54, 1.807) is 12.1 Å². The van der Waals surface area contributed by atoms with Gasteiger partial charge in [0.15, 0.2) is 5.11 Å². The smallest absolute Gasteiger partial charge is 0.269 e. The number of hydrogen-bond acceptors (Lipinski definition) is 3. The lowest BCUT2D eigenvalue weighted by molar-refractivity contribution is -0.119. The van der Waals surface area contributed by atoms with Crippen LogP contribution in [0.5, 0.6) is 0 Å². The molecule has 0 aliphatic carbocycles. The van der Waals surface area contributed by atoms with Crippen LogP contribution in [0.4, 0.5) is 0 Å². The number of benzene rings is 1. The standard InChI is InChI=1S/C17H25N3O2S/c1-3-4-5-6-7-8-15(21)18-17(23)20-19-16(22)14-11-9-13(2)10-12-14/h9-12H,3-8H2,1-2H3,(H,19,22)(H2,18,20,21,23). The minimum absolute atomic E-state index is 0.101. The molecule has 1 rings (SSSR count). The Bertz CT molecular complexity index is 529. The highest BCUT2D eigenvalue weighted by molar-refractivity contribution is 7.80. The van der Waals surface area contributed by atoms with Crippen LogP contribution in [0.25, 0.3) is 0 Å². The summed E-state index contributed by atoms with van der Waals surface area (Å²) in [4.78, 5) is 23.6. The summed E-state index contributed by atoms with van der Waals surface area (Å²) in [6.07, 6.45) is 5.87. The number of nitrogens with one attached hydrogen (secondary N) is 3. The predicted octanol–water partition coefficient (Wildman–Crippen LogP) is 2.99. The molecule has 0 aromatic heterocycles. The predicted molar refractivity (Wildman–Crippen MR) is 95.9 cm³/mol. The van der Waals surface area contributed by atoms with Gasteiger partial charge in [0, 0.05) is 12.0 Å². The molecule has 2 amide bonds. The quantitative estimate of drug-likeness (QED) is 0.407. The van der Waals surface area contributed by atoms with Crippen LogP contribution in [0, 0.1) is 6.92 Å². The molecule has 3 N–H and O–H groups in total. The molecule has 0 aliphatic rings. The summed E-state index contributed by atoms with van der Waals surface area (Å²) in [7, 11) is 0. The van der Waals surface area contributed by atoms with Crippen LogP contribution in [0.15, 0.2) is 24.3 Å². The lowest BCUT2D eigenvalue weighted by Crippen LogP contribution is -2.48. The summed E-state index contributed by atoms with van der Waals surface area (Å²) in [5.41, 5.74) is 6.60. The Kier molecular flexibility index (Phi) is 8.90. The Morgan fingerprint density at radius 3 is 2.30 bits per heavy atom. The summed E-state index contributed by atoms with van der Waals surface area (Å²) < 4.78 is 0. The molecule has 23 heavy (non-hydrogen) atoms. The van der Waals surface area contributed by atoms with Crippen molar-refractivity contribution in [3.8, 4) is 0 Å². The maximum Gasteiger partial charge on any atom is 0.269 e. The van der Waals surface area contributed by atoms with Gasteiger partial charge >= 0.3 is 0 Å². The summed E-state index contributed by atoms with van der Waals surface area (Å²) in [6, 6.07) is 7.16. The van der Waals surface area contributed by atoms with Crippen molar-refractivity contribution in [1.29, 1.82) is 0 Å². The zero-order valence-corrected chi connectivity index (χ0v) is 14.6. The molecule has 0 bridgehead atoms. The second-order valence-corrected chi connectivity index (χ2v) is 5.89. The summed E-state index contributed by atoms with van der Waals surface area (Å²) >= 11 is 4.98. The molecule has 0 atom stereocenters. The average molecular weight is 335 g/mol. The highest BCUT2D eigenvalue weighted by atomic mass is 32.1. The molecule has 0 heterocycles. The minimum atomic E-state index is -0.304. The highest BCUT2D eigenvalue weighted by Gasteiger charge is 2.07. The zero-order valence-electron chi connectivity index (χ0n) is 13.8. The van der Waals surface area contributed by atoms with Crippen molar-refractivity contribution in [1.82, 2.24) is 16.2 Å². The first-order valence-electron chi connectivity index (χ1n) is 7.99. The zero-order chi connectivity index (χ0) is 17.1. The van der Waals surface area contributed by atoms with Gasteiger partial charge in [-0.1, -0.05) is 50.3 Å². The van der Waals surface area contributed by atoms with E-state index in [0.717, 1.165) is 24.8 Å². The van der Waals surface area contributed by atoms with Gasteiger partial charge in [0.05, 0.1) is 0 Å². The molecule has 0 spiro atoms. The van der Waals surface area contributed by atoms with E-state index in [9.17, 15) is 9.59 Å². The van der Waals surface area contributed by atoms with E-state index in [2.05, 4.69) is 23.1 Å². The number of rotatable bonds is 7. The van der Waals surface area contributed by atoms with E-state index in [1.165, 1.54) is 12.8 Å². The SMILES string of the molecule is CCCCCCCC(=O)NC(=S)NNC(=O)c1ccc(C)cc1. The summed E-state index contributed by atoms with van der Waals surface area (Å²) in [5, 5.41) is 2.65. The number of aryl methyl sites for hydroxylation is 1. The van der Waals surface area contributed by atoms with Crippen molar-refractivity contribution in [3.63, 3.8) is 0 Å². The second kappa shape index (κ2) is 10.7. The number of hydrazine groups is 1. The van der Waals surface area contributed by atoms with E-state index < -0.39 is 0 Å². The molecular weight excluding hydrogens is 310 g/mol. The number of amides is 2. The Morgan fingerprint density at radius 2 is 1.65 bits per heavy atom. The maximum absolute atomic E-state index is 11.9. The fourth-order valence-corrected chi connectivity index (χ4v) is 2.16. The molecule has 5 nitrogen and oxygen atoms in total.